The van der Waals surface area contributed by atoms with Crippen molar-refractivity contribution in [1.82, 2.24) is 4.98 Å². The Kier molecular flexibility index (Phi) is 5.16. The number of nitrogens with zero attached hydrogens (tertiary/aromatic N) is 1. The van der Waals surface area contributed by atoms with Gasteiger partial charge in [0.25, 0.3) is 0 Å². The second kappa shape index (κ2) is 6.87. The summed E-state index contributed by atoms with van der Waals surface area (Å²) in [6.45, 7) is 6.69. The van der Waals surface area contributed by atoms with Gasteiger partial charge in [-0.05, 0) is 50.7 Å². The maximum Gasteiger partial charge on any atom is 0.308 e. The van der Waals surface area contributed by atoms with Crippen LogP contribution < -0.4 is 0 Å². The Labute approximate surface area is 121 Å². The number of esters is 1. The summed E-state index contributed by atoms with van der Waals surface area (Å²) in [6.07, 6.45) is 3.93. The van der Waals surface area contributed by atoms with Crippen molar-refractivity contribution in [3.8, 4) is 0 Å². The van der Waals surface area contributed by atoms with E-state index in [-0.39, 0.29) is 11.9 Å². The molecule has 1 fully saturated rings. The number of pyridine rings is 1. The summed E-state index contributed by atoms with van der Waals surface area (Å²) in [5.41, 5.74) is 2.36. The van der Waals surface area contributed by atoms with E-state index in [0.717, 1.165) is 31.4 Å². The summed E-state index contributed by atoms with van der Waals surface area (Å²) >= 11 is 0. The van der Waals surface area contributed by atoms with Gasteiger partial charge in [0.1, 0.15) is 0 Å². The molecule has 1 aliphatic carbocycles. The van der Waals surface area contributed by atoms with Gasteiger partial charge in [0.2, 0.25) is 0 Å². The Morgan fingerprint density at radius 2 is 2.00 bits per heavy atom. The van der Waals surface area contributed by atoms with E-state index in [1.807, 2.05) is 6.92 Å². The van der Waals surface area contributed by atoms with Gasteiger partial charge >= 0.3 is 5.97 Å². The molecule has 0 unspecified atom stereocenters. The number of aromatic nitrogens is 1. The van der Waals surface area contributed by atoms with Crippen LogP contribution in [-0.4, -0.2) is 17.6 Å². The van der Waals surface area contributed by atoms with Gasteiger partial charge in [-0.1, -0.05) is 19.9 Å². The number of hydrogen-bond donors (Lipinski definition) is 0. The minimum Gasteiger partial charge on any atom is -0.466 e. The lowest BCUT2D eigenvalue weighted by atomic mass is 9.80. The molecule has 0 aromatic carbocycles. The predicted octanol–water partition coefficient (Wildman–Crippen LogP) is 4.04. The third-order valence-electron chi connectivity index (χ3n) is 4.15. The third kappa shape index (κ3) is 3.59. The molecule has 0 bridgehead atoms. The number of hydrogen-bond acceptors (Lipinski definition) is 3. The largest absolute Gasteiger partial charge is 0.466 e. The normalized spacial score (nSPS) is 22.8. The van der Waals surface area contributed by atoms with E-state index in [1.165, 1.54) is 5.69 Å². The molecular formula is C17H25NO2. The summed E-state index contributed by atoms with van der Waals surface area (Å²) in [6, 6.07) is 6.33. The standard InChI is InChI=1S/C17H25NO2/c1-4-20-17(19)14-10-8-13(9-11-14)16-7-5-6-15(18-16)12(2)3/h5-7,12-14H,4,8-11H2,1-3H3. The van der Waals surface area contributed by atoms with Crippen molar-refractivity contribution < 1.29 is 9.53 Å². The summed E-state index contributed by atoms with van der Waals surface area (Å²) in [4.78, 5) is 16.5. The van der Waals surface area contributed by atoms with E-state index in [9.17, 15) is 4.79 Å². The highest BCUT2D eigenvalue weighted by molar-refractivity contribution is 5.72. The first-order chi connectivity index (χ1) is 9.61. The van der Waals surface area contributed by atoms with Gasteiger partial charge in [-0.15, -0.1) is 0 Å². The summed E-state index contributed by atoms with van der Waals surface area (Å²) < 4.78 is 5.12. The molecule has 1 aliphatic rings. The second-order valence-corrected chi connectivity index (χ2v) is 5.94. The van der Waals surface area contributed by atoms with Crippen LogP contribution >= 0.6 is 0 Å². The molecule has 0 aliphatic heterocycles. The highest BCUT2D eigenvalue weighted by Gasteiger charge is 2.28. The van der Waals surface area contributed by atoms with Gasteiger partial charge < -0.3 is 4.74 Å². The summed E-state index contributed by atoms with van der Waals surface area (Å²) in [7, 11) is 0. The van der Waals surface area contributed by atoms with E-state index in [1.54, 1.807) is 0 Å². The maximum atomic E-state index is 11.7. The Bertz CT molecular complexity index is 448. The van der Waals surface area contributed by atoms with E-state index in [0.29, 0.717) is 18.4 Å². The Balaban J connectivity index is 1.97. The Morgan fingerprint density at radius 3 is 2.60 bits per heavy atom. The first-order valence-corrected chi connectivity index (χ1v) is 7.75. The highest BCUT2D eigenvalue weighted by Crippen LogP contribution is 2.35. The molecule has 0 atom stereocenters. The van der Waals surface area contributed by atoms with Crippen molar-refractivity contribution >= 4 is 5.97 Å². The lowest BCUT2D eigenvalue weighted by Gasteiger charge is -2.27. The van der Waals surface area contributed by atoms with Crippen LogP contribution in [0.5, 0.6) is 0 Å². The minimum atomic E-state index is -0.0187. The number of carbonyl (C=O) groups excluding carboxylic acids is 1. The SMILES string of the molecule is CCOC(=O)C1CCC(c2cccc(C(C)C)n2)CC1. The highest BCUT2D eigenvalue weighted by atomic mass is 16.5. The molecule has 2 rings (SSSR count). The number of carbonyl (C=O) groups is 1. The zero-order valence-electron chi connectivity index (χ0n) is 12.8. The molecule has 1 aromatic heterocycles. The first kappa shape index (κ1) is 15.0. The molecular weight excluding hydrogens is 250 g/mol. The van der Waals surface area contributed by atoms with Gasteiger partial charge in [0.05, 0.1) is 12.5 Å². The van der Waals surface area contributed by atoms with Crippen LogP contribution in [0.1, 0.15) is 69.7 Å². The zero-order chi connectivity index (χ0) is 14.5. The summed E-state index contributed by atoms with van der Waals surface area (Å²) in [5.74, 6) is 1.04. The zero-order valence-corrected chi connectivity index (χ0v) is 12.8. The van der Waals surface area contributed by atoms with Gasteiger partial charge in [0.15, 0.2) is 0 Å². The van der Waals surface area contributed by atoms with Crippen LogP contribution in [0.15, 0.2) is 18.2 Å². The van der Waals surface area contributed by atoms with E-state index < -0.39 is 0 Å². The van der Waals surface area contributed by atoms with Gasteiger partial charge in [-0.2, -0.15) is 0 Å². The van der Waals surface area contributed by atoms with Crippen molar-refractivity contribution in [3.63, 3.8) is 0 Å². The van der Waals surface area contributed by atoms with Crippen molar-refractivity contribution in [2.45, 2.75) is 58.3 Å². The third-order valence-corrected chi connectivity index (χ3v) is 4.15. The topological polar surface area (TPSA) is 39.2 Å². The van der Waals surface area contributed by atoms with E-state index >= 15 is 0 Å². The molecule has 0 N–H and O–H groups in total. The predicted molar refractivity (Wildman–Crippen MR) is 79.7 cm³/mol. The van der Waals surface area contributed by atoms with Crippen LogP contribution in [0.2, 0.25) is 0 Å². The lowest BCUT2D eigenvalue weighted by molar-refractivity contribution is -0.149. The van der Waals surface area contributed by atoms with E-state index in [4.69, 9.17) is 9.72 Å². The molecule has 0 amide bonds. The molecule has 0 spiro atoms. The van der Waals surface area contributed by atoms with Gasteiger partial charge in [-0.25, -0.2) is 0 Å². The minimum absolute atomic E-state index is 0.0187. The Morgan fingerprint density at radius 1 is 1.30 bits per heavy atom. The van der Waals surface area contributed by atoms with Crippen LogP contribution in [0.3, 0.4) is 0 Å². The molecule has 0 saturated heterocycles. The van der Waals surface area contributed by atoms with Crippen LogP contribution in [0.4, 0.5) is 0 Å². The van der Waals surface area contributed by atoms with Crippen LogP contribution in [0.25, 0.3) is 0 Å². The van der Waals surface area contributed by atoms with Crippen LogP contribution in [0, 0.1) is 5.92 Å². The Hall–Kier alpha value is -1.38. The van der Waals surface area contributed by atoms with Gasteiger partial charge in [0, 0.05) is 17.3 Å². The molecule has 3 nitrogen and oxygen atoms in total. The van der Waals surface area contributed by atoms with Crippen molar-refractivity contribution in [1.29, 1.82) is 0 Å². The molecule has 110 valence electrons. The molecule has 1 heterocycles. The van der Waals surface area contributed by atoms with Crippen LogP contribution in [-0.2, 0) is 9.53 Å². The molecule has 1 aromatic rings. The number of rotatable bonds is 4. The maximum absolute atomic E-state index is 11.7. The fourth-order valence-electron chi connectivity index (χ4n) is 2.90. The molecule has 3 heteroatoms. The average molecular weight is 275 g/mol. The van der Waals surface area contributed by atoms with Crippen molar-refractivity contribution in [2.75, 3.05) is 6.61 Å². The summed E-state index contributed by atoms with van der Waals surface area (Å²) in [5, 5.41) is 0. The monoisotopic (exact) mass is 275 g/mol. The van der Waals surface area contributed by atoms with E-state index in [2.05, 4.69) is 32.0 Å². The first-order valence-electron chi connectivity index (χ1n) is 7.75. The lowest BCUT2D eigenvalue weighted by Crippen LogP contribution is -2.23. The molecule has 20 heavy (non-hydrogen) atoms. The average Bonchev–Trinajstić information content (AvgIpc) is 2.48. The smallest absolute Gasteiger partial charge is 0.308 e. The fourth-order valence-corrected chi connectivity index (χ4v) is 2.90. The molecule has 0 radical (unpaired) electrons. The second-order valence-electron chi connectivity index (χ2n) is 5.94. The fraction of sp³-hybridized carbons (Fsp3) is 0.647. The van der Waals surface area contributed by atoms with Crippen molar-refractivity contribution in [2.24, 2.45) is 5.92 Å². The van der Waals surface area contributed by atoms with Crippen molar-refractivity contribution in [3.05, 3.63) is 29.6 Å². The number of ether oxygens (including phenoxy) is 1. The van der Waals surface area contributed by atoms with Gasteiger partial charge in [-0.3, -0.25) is 9.78 Å². The quantitative estimate of drug-likeness (QED) is 0.778. The molecule has 1 saturated carbocycles.